The van der Waals surface area contributed by atoms with Gasteiger partial charge in [-0.05, 0) is 25.5 Å². The van der Waals surface area contributed by atoms with Crippen LogP contribution in [0.2, 0.25) is 0 Å². The van der Waals surface area contributed by atoms with E-state index in [1.807, 2.05) is 0 Å². The van der Waals surface area contributed by atoms with Gasteiger partial charge in [-0.2, -0.15) is 0 Å². The molecule has 19 heavy (non-hydrogen) atoms. The highest BCUT2D eigenvalue weighted by Crippen LogP contribution is 2.11. The van der Waals surface area contributed by atoms with Crippen LogP contribution in [-0.2, 0) is 0 Å². The van der Waals surface area contributed by atoms with Gasteiger partial charge in [0.2, 0.25) is 0 Å². The largest absolute Gasteiger partial charge is 0.492 e. The highest BCUT2D eigenvalue weighted by atomic mass is 19.1. The molecule has 4 nitrogen and oxygen atoms in total. The molecule has 0 radical (unpaired) electrons. The fraction of sp³-hybridized carbons (Fsp3) is 0.500. The zero-order chi connectivity index (χ0) is 14.1. The molecule has 106 valence electrons. The minimum atomic E-state index is -0.292. The number of guanidine groups is 1. The number of halogens is 1. The topological polar surface area (TPSA) is 45.7 Å². The molecule has 1 unspecified atom stereocenters. The highest BCUT2D eigenvalue weighted by molar-refractivity contribution is 5.79. The van der Waals surface area contributed by atoms with Gasteiger partial charge in [0, 0.05) is 19.2 Å². The van der Waals surface area contributed by atoms with Crippen LogP contribution in [0.1, 0.15) is 20.3 Å². The number of nitrogens with zero attached hydrogens (tertiary/aromatic N) is 1. The van der Waals surface area contributed by atoms with Gasteiger partial charge in [-0.25, -0.2) is 4.39 Å². The zero-order valence-electron chi connectivity index (χ0n) is 11.7. The molecule has 1 aromatic rings. The summed E-state index contributed by atoms with van der Waals surface area (Å²) < 4.78 is 18.3. The van der Waals surface area contributed by atoms with Gasteiger partial charge >= 0.3 is 0 Å². The second-order valence-electron chi connectivity index (χ2n) is 4.26. The number of hydrogen-bond donors (Lipinski definition) is 2. The van der Waals surface area contributed by atoms with E-state index in [-0.39, 0.29) is 5.82 Å². The normalized spacial score (nSPS) is 12.9. The van der Waals surface area contributed by atoms with Crippen molar-refractivity contribution in [3.05, 3.63) is 30.1 Å². The van der Waals surface area contributed by atoms with Crippen LogP contribution < -0.4 is 15.4 Å². The van der Waals surface area contributed by atoms with Gasteiger partial charge in [-0.3, -0.25) is 4.99 Å². The molecule has 1 rings (SSSR count). The molecule has 0 aromatic heterocycles. The van der Waals surface area contributed by atoms with E-state index in [9.17, 15) is 4.39 Å². The summed E-state index contributed by atoms with van der Waals surface area (Å²) in [7, 11) is 1.73. The van der Waals surface area contributed by atoms with Gasteiger partial charge in [0.15, 0.2) is 5.96 Å². The van der Waals surface area contributed by atoms with Gasteiger partial charge in [0.05, 0.1) is 6.54 Å². The average molecular weight is 267 g/mol. The van der Waals surface area contributed by atoms with Gasteiger partial charge in [0.1, 0.15) is 18.2 Å². The van der Waals surface area contributed by atoms with Crippen molar-refractivity contribution in [2.45, 2.75) is 26.3 Å². The van der Waals surface area contributed by atoms with Crippen molar-refractivity contribution < 1.29 is 9.13 Å². The Balaban J connectivity index is 2.26. The first-order valence-corrected chi connectivity index (χ1v) is 6.51. The predicted molar refractivity (Wildman–Crippen MR) is 76.1 cm³/mol. The van der Waals surface area contributed by atoms with Gasteiger partial charge < -0.3 is 15.4 Å². The molecule has 0 saturated carbocycles. The molecule has 0 heterocycles. The molecule has 0 aliphatic heterocycles. The number of rotatable bonds is 6. The summed E-state index contributed by atoms with van der Waals surface area (Å²) in [5, 5.41) is 6.39. The van der Waals surface area contributed by atoms with Crippen LogP contribution in [0, 0.1) is 5.82 Å². The Morgan fingerprint density at radius 2 is 2.26 bits per heavy atom. The third-order valence-electron chi connectivity index (χ3n) is 2.68. The maximum absolute atomic E-state index is 12.9. The monoisotopic (exact) mass is 267 g/mol. The van der Waals surface area contributed by atoms with Gasteiger partial charge in [-0.1, -0.05) is 13.0 Å². The molecule has 1 aromatic carbocycles. The van der Waals surface area contributed by atoms with E-state index >= 15 is 0 Å². The van der Waals surface area contributed by atoms with Crippen LogP contribution in [-0.4, -0.2) is 32.2 Å². The number of aliphatic imine (C=N–C) groups is 1. The van der Waals surface area contributed by atoms with E-state index in [2.05, 4.69) is 29.5 Å². The Kier molecular flexibility index (Phi) is 6.71. The first kappa shape index (κ1) is 15.3. The van der Waals surface area contributed by atoms with Crippen LogP contribution in [0.5, 0.6) is 5.75 Å². The minimum absolute atomic E-state index is 0.292. The van der Waals surface area contributed by atoms with Gasteiger partial charge in [-0.15, -0.1) is 0 Å². The number of nitrogens with one attached hydrogen (secondary N) is 2. The third-order valence-corrected chi connectivity index (χ3v) is 2.68. The lowest BCUT2D eigenvalue weighted by molar-refractivity contribution is 0.320. The van der Waals surface area contributed by atoms with Crippen molar-refractivity contribution in [1.29, 1.82) is 0 Å². The standard InChI is InChI=1S/C14H22FN3O/c1-4-11(2)18-14(16-3)17-8-9-19-13-7-5-6-12(15)10-13/h5-7,10-11H,4,8-9H2,1-3H3,(H2,16,17,18). The molecular weight excluding hydrogens is 245 g/mol. The van der Waals surface area contributed by atoms with Crippen LogP contribution >= 0.6 is 0 Å². The number of hydrogen-bond acceptors (Lipinski definition) is 2. The lowest BCUT2D eigenvalue weighted by Crippen LogP contribution is -2.43. The minimum Gasteiger partial charge on any atom is -0.492 e. The van der Waals surface area contributed by atoms with Crippen LogP contribution in [0.4, 0.5) is 4.39 Å². The van der Waals surface area contributed by atoms with E-state index in [1.165, 1.54) is 12.1 Å². The van der Waals surface area contributed by atoms with Crippen LogP contribution in [0.3, 0.4) is 0 Å². The van der Waals surface area contributed by atoms with Crippen LogP contribution in [0.25, 0.3) is 0 Å². The first-order chi connectivity index (χ1) is 9.15. The van der Waals surface area contributed by atoms with E-state index < -0.39 is 0 Å². The molecular formula is C14H22FN3O. The fourth-order valence-corrected chi connectivity index (χ4v) is 1.43. The zero-order valence-corrected chi connectivity index (χ0v) is 11.7. The van der Waals surface area contributed by atoms with Crippen molar-refractivity contribution >= 4 is 5.96 Å². The van der Waals surface area contributed by atoms with Crippen molar-refractivity contribution in [2.24, 2.45) is 4.99 Å². The molecule has 0 spiro atoms. The van der Waals surface area contributed by atoms with Crippen LogP contribution in [0.15, 0.2) is 29.3 Å². The Bertz CT molecular complexity index is 409. The maximum Gasteiger partial charge on any atom is 0.191 e. The summed E-state index contributed by atoms with van der Waals surface area (Å²) in [6, 6.07) is 6.49. The van der Waals surface area contributed by atoms with Crippen molar-refractivity contribution in [3.8, 4) is 5.75 Å². The van der Waals surface area contributed by atoms with Crippen molar-refractivity contribution in [3.63, 3.8) is 0 Å². The second kappa shape index (κ2) is 8.34. The Labute approximate surface area is 114 Å². The van der Waals surface area contributed by atoms with E-state index in [4.69, 9.17) is 4.74 Å². The van der Waals surface area contributed by atoms with Crippen molar-refractivity contribution in [1.82, 2.24) is 10.6 Å². The molecule has 0 aliphatic rings. The Morgan fingerprint density at radius 1 is 1.47 bits per heavy atom. The number of benzene rings is 1. The predicted octanol–water partition coefficient (Wildman–Crippen LogP) is 2.17. The summed E-state index contributed by atoms with van der Waals surface area (Å²) >= 11 is 0. The summed E-state index contributed by atoms with van der Waals surface area (Å²) in [5.74, 6) is 0.989. The molecule has 1 atom stereocenters. The van der Waals surface area contributed by atoms with Gasteiger partial charge in [0.25, 0.3) is 0 Å². The SMILES string of the molecule is CCC(C)NC(=NC)NCCOc1cccc(F)c1. The molecule has 2 N–H and O–H groups in total. The molecule has 0 bridgehead atoms. The third kappa shape index (κ3) is 6.08. The molecule has 0 fully saturated rings. The van der Waals surface area contributed by atoms with Crippen molar-refractivity contribution in [2.75, 3.05) is 20.2 Å². The lowest BCUT2D eigenvalue weighted by Gasteiger charge is -2.16. The Morgan fingerprint density at radius 3 is 2.89 bits per heavy atom. The van der Waals surface area contributed by atoms with E-state index in [0.29, 0.717) is 24.9 Å². The summed E-state index contributed by atoms with van der Waals surface area (Å²) in [6.45, 7) is 5.26. The summed E-state index contributed by atoms with van der Waals surface area (Å²) in [4.78, 5) is 4.11. The fourth-order valence-electron chi connectivity index (χ4n) is 1.43. The smallest absolute Gasteiger partial charge is 0.191 e. The van der Waals surface area contributed by atoms with E-state index in [0.717, 1.165) is 12.4 Å². The quantitative estimate of drug-likeness (QED) is 0.472. The maximum atomic E-state index is 12.9. The number of ether oxygens (including phenoxy) is 1. The Hall–Kier alpha value is -1.78. The second-order valence-corrected chi connectivity index (χ2v) is 4.26. The molecule has 0 aliphatic carbocycles. The molecule has 0 saturated heterocycles. The highest BCUT2D eigenvalue weighted by Gasteiger charge is 2.02. The summed E-state index contributed by atoms with van der Waals surface area (Å²) in [5.41, 5.74) is 0. The molecule has 0 amide bonds. The molecule has 5 heteroatoms. The first-order valence-electron chi connectivity index (χ1n) is 6.51. The average Bonchev–Trinajstić information content (AvgIpc) is 2.42. The lowest BCUT2D eigenvalue weighted by atomic mass is 10.3. The summed E-state index contributed by atoms with van der Waals surface area (Å²) in [6.07, 6.45) is 1.03. The van der Waals surface area contributed by atoms with E-state index in [1.54, 1.807) is 19.2 Å².